The summed E-state index contributed by atoms with van der Waals surface area (Å²) in [6.45, 7) is 3.42. The zero-order valence-electron chi connectivity index (χ0n) is 21.1. The zero-order valence-corrected chi connectivity index (χ0v) is 22.0. The summed E-state index contributed by atoms with van der Waals surface area (Å²) in [6.07, 6.45) is 1.38. The summed E-state index contributed by atoms with van der Waals surface area (Å²) < 4.78 is 26.8. The van der Waals surface area contributed by atoms with Crippen LogP contribution in [-0.4, -0.2) is 51.0 Å². The van der Waals surface area contributed by atoms with Gasteiger partial charge in [0.25, 0.3) is 0 Å². The summed E-state index contributed by atoms with van der Waals surface area (Å²) in [6, 6.07) is 23.5. The van der Waals surface area contributed by atoms with E-state index in [2.05, 4.69) is 5.32 Å². The van der Waals surface area contributed by atoms with Crippen LogP contribution in [0.4, 0.5) is 5.69 Å². The summed E-state index contributed by atoms with van der Waals surface area (Å²) in [4.78, 5) is 28.4. The maximum absolute atomic E-state index is 13.9. The minimum Gasteiger partial charge on any atom is -0.357 e. The molecule has 2 amide bonds. The van der Waals surface area contributed by atoms with Crippen LogP contribution in [0.15, 0.2) is 78.9 Å². The lowest BCUT2D eigenvalue weighted by molar-refractivity contribution is -0.139. The predicted octanol–water partition coefficient (Wildman–Crippen LogP) is 3.46. The fraction of sp³-hybridized carbons (Fsp3) is 0.286. The number of amides is 2. The third kappa shape index (κ3) is 6.95. The van der Waals surface area contributed by atoms with Crippen molar-refractivity contribution in [1.29, 1.82) is 0 Å². The Kier molecular flexibility index (Phi) is 8.88. The van der Waals surface area contributed by atoms with Gasteiger partial charge in [-0.2, -0.15) is 0 Å². The molecular formula is C28H33N3O4S. The van der Waals surface area contributed by atoms with Crippen molar-refractivity contribution in [2.75, 3.05) is 24.2 Å². The minimum atomic E-state index is -3.78. The van der Waals surface area contributed by atoms with Crippen LogP contribution in [0.3, 0.4) is 0 Å². The second-order valence-corrected chi connectivity index (χ2v) is 10.8. The third-order valence-electron chi connectivity index (χ3n) is 6.03. The molecule has 0 aliphatic heterocycles. The van der Waals surface area contributed by atoms with E-state index in [9.17, 15) is 18.0 Å². The molecule has 7 nitrogen and oxygen atoms in total. The number of anilines is 1. The van der Waals surface area contributed by atoms with Crippen molar-refractivity contribution in [1.82, 2.24) is 10.2 Å². The van der Waals surface area contributed by atoms with Crippen molar-refractivity contribution in [3.8, 4) is 0 Å². The van der Waals surface area contributed by atoms with Gasteiger partial charge in [0.15, 0.2) is 0 Å². The second kappa shape index (κ2) is 11.9. The van der Waals surface area contributed by atoms with Crippen LogP contribution in [0.1, 0.15) is 22.3 Å². The Bertz CT molecular complexity index is 1290. The number of nitrogens with zero attached hydrogens (tertiary/aromatic N) is 2. The Labute approximate surface area is 213 Å². The molecule has 0 radical (unpaired) electrons. The number of carbonyl (C=O) groups excluding carboxylic acids is 2. The highest BCUT2D eigenvalue weighted by Crippen LogP contribution is 2.25. The smallest absolute Gasteiger partial charge is 0.244 e. The van der Waals surface area contributed by atoms with E-state index in [-0.39, 0.29) is 12.5 Å². The highest BCUT2D eigenvalue weighted by atomic mass is 32.2. The fourth-order valence-corrected chi connectivity index (χ4v) is 4.98. The van der Waals surface area contributed by atoms with E-state index in [0.717, 1.165) is 32.8 Å². The van der Waals surface area contributed by atoms with E-state index in [1.165, 1.54) is 11.9 Å². The molecule has 0 saturated heterocycles. The van der Waals surface area contributed by atoms with Gasteiger partial charge in [0.05, 0.1) is 11.9 Å². The monoisotopic (exact) mass is 507 g/mol. The van der Waals surface area contributed by atoms with E-state index in [4.69, 9.17) is 0 Å². The van der Waals surface area contributed by atoms with Gasteiger partial charge in [-0.1, -0.05) is 72.8 Å². The molecule has 36 heavy (non-hydrogen) atoms. The van der Waals surface area contributed by atoms with Crippen LogP contribution < -0.4 is 9.62 Å². The summed E-state index contributed by atoms with van der Waals surface area (Å²) >= 11 is 0. The Morgan fingerprint density at radius 3 is 2.03 bits per heavy atom. The molecule has 0 aliphatic carbocycles. The molecule has 1 unspecified atom stereocenters. The number of benzene rings is 3. The van der Waals surface area contributed by atoms with Crippen LogP contribution in [0.25, 0.3) is 0 Å². The molecule has 1 atom stereocenters. The van der Waals surface area contributed by atoms with Crippen molar-refractivity contribution in [2.45, 2.75) is 32.9 Å². The van der Waals surface area contributed by atoms with Gasteiger partial charge in [-0.15, -0.1) is 0 Å². The Morgan fingerprint density at radius 1 is 0.889 bits per heavy atom. The van der Waals surface area contributed by atoms with Crippen LogP contribution >= 0.6 is 0 Å². The number of nitrogens with one attached hydrogen (secondary N) is 1. The predicted molar refractivity (Wildman–Crippen MR) is 143 cm³/mol. The van der Waals surface area contributed by atoms with Gasteiger partial charge >= 0.3 is 0 Å². The molecule has 1 N–H and O–H groups in total. The van der Waals surface area contributed by atoms with Crippen LogP contribution in [0.5, 0.6) is 0 Å². The molecule has 3 aromatic rings. The summed E-state index contributed by atoms with van der Waals surface area (Å²) in [5, 5.41) is 2.67. The molecule has 0 bridgehead atoms. The molecule has 0 aliphatic rings. The van der Waals surface area contributed by atoms with Crippen molar-refractivity contribution < 1.29 is 18.0 Å². The maximum atomic E-state index is 13.9. The van der Waals surface area contributed by atoms with Crippen molar-refractivity contribution >= 4 is 27.5 Å². The minimum absolute atomic E-state index is 0.162. The first kappa shape index (κ1) is 26.9. The first-order chi connectivity index (χ1) is 17.1. The lowest BCUT2D eigenvalue weighted by Gasteiger charge is -2.33. The Balaban J connectivity index is 2.03. The van der Waals surface area contributed by atoms with Gasteiger partial charge in [0.2, 0.25) is 21.8 Å². The first-order valence-electron chi connectivity index (χ1n) is 11.7. The molecule has 0 aromatic heterocycles. The third-order valence-corrected chi connectivity index (χ3v) is 7.15. The molecule has 0 fully saturated rings. The highest BCUT2D eigenvalue weighted by Gasteiger charge is 2.32. The zero-order chi connectivity index (χ0) is 26.3. The molecule has 0 spiro atoms. The SMILES string of the molecule is CNC(=O)C(Cc1ccccc1)N(Cc1ccccc1)C(=O)CN(c1cc(C)ccc1C)S(C)(=O)=O. The summed E-state index contributed by atoms with van der Waals surface area (Å²) in [5.74, 6) is -0.782. The van der Waals surface area contributed by atoms with Crippen molar-refractivity contribution in [2.24, 2.45) is 0 Å². The van der Waals surface area contributed by atoms with E-state index in [0.29, 0.717) is 12.1 Å². The fourth-order valence-electron chi connectivity index (χ4n) is 4.08. The first-order valence-corrected chi connectivity index (χ1v) is 13.6. The molecule has 3 aromatic carbocycles. The number of hydrogen-bond acceptors (Lipinski definition) is 4. The number of hydrogen-bond donors (Lipinski definition) is 1. The molecule has 8 heteroatoms. The standard InChI is InChI=1S/C28H33N3O4S/c1-21-15-16-22(2)25(17-21)31(36(4,34)35)20-27(32)30(19-24-13-9-6-10-14-24)26(28(33)29-3)18-23-11-7-5-8-12-23/h5-17,26H,18-20H2,1-4H3,(H,29,33). The van der Waals surface area contributed by atoms with E-state index < -0.39 is 28.5 Å². The van der Waals surface area contributed by atoms with Gasteiger partial charge in [0.1, 0.15) is 12.6 Å². The second-order valence-electron chi connectivity index (χ2n) is 8.89. The lowest BCUT2D eigenvalue weighted by atomic mass is 10.0. The Morgan fingerprint density at radius 2 is 1.47 bits per heavy atom. The number of likely N-dealkylation sites (N-methyl/N-ethyl adjacent to an activating group) is 1. The molecular weight excluding hydrogens is 474 g/mol. The Hall–Kier alpha value is -3.65. The largest absolute Gasteiger partial charge is 0.357 e. The summed E-state index contributed by atoms with van der Waals surface area (Å²) in [5.41, 5.74) is 3.80. The van der Waals surface area contributed by atoms with Gasteiger partial charge in [0, 0.05) is 20.0 Å². The van der Waals surface area contributed by atoms with Crippen molar-refractivity contribution in [3.05, 3.63) is 101 Å². The van der Waals surface area contributed by atoms with Crippen LogP contribution in [0, 0.1) is 13.8 Å². The number of carbonyl (C=O) groups is 2. The highest BCUT2D eigenvalue weighted by molar-refractivity contribution is 7.92. The van der Waals surface area contributed by atoms with Gasteiger partial charge in [-0.05, 0) is 42.2 Å². The topological polar surface area (TPSA) is 86.8 Å². The van der Waals surface area contributed by atoms with Gasteiger partial charge in [-0.25, -0.2) is 8.42 Å². The number of rotatable bonds is 10. The van der Waals surface area contributed by atoms with E-state index >= 15 is 0 Å². The molecule has 190 valence electrons. The maximum Gasteiger partial charge on any atom is 0.244 e. The number of sulfonamides is 1. The van der Waals surface area contributed by atoms with Crippen LogP contribution in [0.2, 0.25) is 0 Å². The van der Waals surface area contributed by atoms with Gasteiger partial charge < -0.3 is 10.2 Å². The molecule has 0 saturated carbocycles. The van der Waals surface area contributed by atoms with Crippen LogP contribution in [-0.2, 0) is 32.6 Å². The van der Waals surface area contributed by atoms with E-state index in [1.807, 2.05) is 86.6 Å². The van der Waals surface area contributed by atoms with Crippen molar-refractivity contribution in [3.63, 3.8) is 0 Å². The molecule has 3 rings (SSSR count). The summed E-state index contributed by atoms with van der Waals surface area (Å²) in [7, 11) is -2.25. The quantitative estimate of drug-likeness (QED) is 0.455. The number of aryl methyl sites for hydroxylation is 2. The average Bonchev–Trinajstić information content (AvgIpc) is 2.86. The van der Waals surface area contributed by atoms with Gasteiger partial charge in [-0.3, -0.25) is 13.9 Å². The lowest BCUT2D eigenvalue weighted by Crippen LogP contribution is -2.53. The normalized spacial score (nSPS) is 12.0. The van der Waals surface area contributed by atoms with E-state index in [1.54, 1.807) is 6.07 Å². The molecule has 0 heterocycles. The average molecular weight is 508 g/mol.